The van der Waals surface area contributed by atoms with Crippen LogP contribution in [0.4, 0.5) is 20.2 Å². The largest absolute Gasteiger partial charge is 0.383 e. The summed E-state index contributed by atoms with van der Waals surface area (Å²) < 4.78 is 26.6. The fourth-order valence-corrected chi connectivity index (χ4v) is 2.60. The average Bonchev–Trinajstić information content (AvgIpc) is 2.61. The maximum absolute atomic E-state index is 13.3. The molecule has 4 heteroatoms. The molecule has 3 rings (SSSR count). The van der Waals surface area contributed by atoms with Gasteiger partial charge < -0.3 is 10.2 Å². The third-order valence-corrected chi connectivity index (χ3v) is 3.46. The first kappa shape index (κ1) is 12.9. The highest BCUT2D eigenvalue weighted by atomic mass is 19.1. The Labute approximate surface area is 117 Å². The van der Waals surface area contributed by atoms with E-state index in [0.717, 1.165) is 37.0 Å². The molecule has 0 saturated carbocycles. The van der Waals surface area contributed by atoms with Gasteiger partial charge in [0.25, 0.3) is 0 Å². The molecule has 104 valence electrons. The van der Waals surface area contributed by atoms with Gasteiger partial charge in [-0.05, 0) is 36.2 Å². The number of para-hydroxylation sites is 2. The molecule has 0 aliphatic carbocycles. The van der Waals surface area contributed by atoms with Crippen LogP contribution < -0.4 is 10.2 Å². The highest BCUT2D eigenvalue weighted by Gasteiger charge is 2.15. The van der Waals surface area contributed by atoms with E-state index in [1.54, 1.807) is 0 Å². The summed E-state index contributed by atoms with van der Waals surface area (Å²) >= 11 is 0. The van der Waals surface area contributed by atoms with Gasteiger partial charge in [-0.1, -0.05) is 12.1 Å². The number of benzene rings is 2. The molecule has 0 unspecified atom stereocenters. The van der Waals surface area contributed by atoms with E-state index >= 15 is 0 Å². The molecule has 0 fully saturated rings. The fourth-order valence-electron chi connectivity index (χ4n) is 2.60. The van der Waals surface area contributed by atoms with Crippen LogP contribution in [0.15, 0.2) is 42.5 Å². The molecule has 20 heavy (non-hydrogen) atoms. The van der Waals surface area contributed by atoms with Gasteiger partial charge in [-0.15, -0.1) is 0 Å². The topological polar surface area (TPSA) is 15.3 Å². The number of hydrogen-bond acceptors (Lipinski definition) is 2. The summed E-state index contributed by atoms with van der Waals surface area (Å²) in [6.07, 6.45) is 0.993. The van der Waals surface area contributed by atoms with Crippen molar-refractivity contribution in [1.29, 1.82) is 0 Å². The van der Waals surface area contributed by atoms with Crippen LogP contribution in [0.25, 0.3) is 0 Å². The monoisotopic (exact) mass is 274 g/mol. The fraction of sp³-hybridized carbons (Fsp3) is 0.250. The summed E-state index contributed by atoms with van der Waals surface area (Å²) in [6.45, 7) is 2.28. The Balaban J connectivity index is 1.90. The van der Waals surface area contributed by atoms with Gasteiger partial charge in [0.1, 0.15) is 11.6 Å². The molecule has 0 amide bonds. The van der Waals surface area contributed by atoms with Crippen LogP contribution in [-0.2, 0) is 6.54 Å². The molecular weight excluding hydrogens is 258 g/mol. The maximum Gasteiger partial charge on any atom is 0.126 e. The number of nitrogens with one attached hydrogen (secondary N) is 1. The predicted octanol–water partition coefficient (Wildman–Crippen LogP) is 3.79. The average molecular weight is 274 g/mol. The second-order valence-corrected chi connectivity index (χ2v) is 5.00. The zero-order valence-electron chi connectivity index (χ0n) is 11.1. The zero-order valence-corrected chi connectivity index (χ0v) is 11.1. The Morgan fingerprint density at radius 1 is 1.05 bits per heavy atom. The lowest BCUT2D eigenvalue weighted by Crippen LogP contribution is -2.23. The molecule has 0 saturated heterocycles. The minimum atomic E-state index is -0.527. The number of fused-ring (bicyclic) bond motifs is 1. The van der Waals surface area contributed by atoms with E-state index in [2.05, 4.69) is 10.2 Å². The molecule has 1 aliphatic heterocycles. The van der Waals surface area contributed by atoms with Crippen LogP contribution in [0.1, 0.15) is 12.0 Å². The third kappa shape index (κ3) is 2.74. The molecule has 0 spiro atoms. The first-order chi connectivity index (χ1) is 9.72. The van der Waals surface area contributed by atoms with Crippen LogP contribution in [0.2, 0.25) is 0 Å². The molecule has 0 bridgehead atoms. The van der Waals surface area contributed by atoms with E-state index < -0.39 is 11.6 Å². The van der Waals surface area contributed by atoms with Gasteiger partial charge in [0, 0.05) is 25.7 Å². The van der Waals surface area contributed by atoms with Gasteiger partial charge in [0.2, 0.25) is 0 Å². The van der Waals surface area contributed by atoms with Crippen molar-refractivity contribution in [2.45, 2.75) is 13.0 Å². The Kier molecular flexibility index (Phi) is 3.54. The normalized spacial score (nSPS) is 14.4. The Morgan fingerprint density at radius 2 is 1.80 bits per heavy atom. The second-order valence-electron chi connectivity index (χ2n) is 5.00. The predicted molar refractivity (Wildman–Crippen MR) is 77.0 cm³/mol. The standard InChI is InChI=1S/C16H16F2N2/c17-13-8-12(9-14(18)10-13)11-20-7-3-6-19-15-4-1-2-5-16(15)20/h1-2,4-5,8-10,19H,3,6-7,11H2. The molecule has 1 aliphatic rings. The van der Waals surface area contributed by atoms with Gasteiger partial charge in [-0.2, -0.15) is 0 Å². The molecule has 0 atom stereocenters. The van der Waals surface area contributed by atoms with E-state index in [1.807, 2.05) is 24.3 Å². The van der Waals surface area contributed by atoms with Crippen molar-refractivity contribution in [3.8, 4) is 0 Å². The summed E-state index contributed by atoms with van der Waals surface area (Å²) in [7, 11) is 0. The Morgan fingerprint density at radius 3 is 2.60 bits per heavy atom. The molecule has 2 nitrogen and oxygen atoms in total. The molecule has 2 aromatic rings. The van der Waals surface area contributed by atoms with Gasteiger partial charge in [0.05, 0.1) is 11.4 Å². The number of rotatable bonds is 2. The lowest BCUT2D eigenvalue weighted by molar-refractivity contribution is 0.578. The number of anilines is 2. The summed E-state index contributed by atoms with van der Waals surface area (Å²) in [5, 5.41) is 3.37. The lowest BCUT2D eigenvalue weighted by atomic mass is 10.1. The molecule has 2 aromatic carbocycles. The zero-order chi connectivity index (χ0) is 13.9. The second kappa shape index (κ2) is 5.49. The summed E-state index contributed by atoms with van der Waals surface area (Å²) in [4.78, 5) is 2.16. The van der Waals surface area contributed by atoms with Crippen molar-refractivity contribution in [1.82, 2.24) is 0 Å². The number of halogens is 2. The Bertz CT molecular complexity index is 593. The van der Waals surface area contributed by atoms with Crippen molar-refractivity contribution >= 4 is 11.4 Å². The van der Waals surface area contributed by atoms with Gasteiger partial charge >= 0.3 is 0 Å². The SMILES string of the molecule is Fc1cc(F)cc(CN2CCCNc3ccccc32)c1. The summed E-state index contributed by atoms with van der Waals surface area (Å²) in [5.74, 6) is -1.05. The van der Waals surface area contributed by atoms with E-state index in [0.29, 0.717) is 12.1 Å². The quantitative estimate of drug-likeness (QED) is 0.896. The molecular formula is C16H16F2N2. The minimum absolute atomic E-state index is 0.507. The molecule has 1 heterocycles. The third-order valence-electron chi connectivity index (χ3n) is 3.46. The van der Waals surface area contributed by atoms with Crippen LogP contribution in [0, 0.1) is 11.6 Å². The first-order valence-electron chi connectivity index (χ1n) is 6.75. The van der Waals surface area contributed by atoms with Gasteiger partial charge in [-0.3, -0.25) is 0 Å². The lowest BCUT2D eigenvalue weighted by Gasteiger charge is -2.24. The number of hydrogen-bond donors (Lipinski definition) is 1. The van der Waals surface area contributed by atoms with Crippen LogP contribution in [0.5, 0.6) is 0 Å². The van der Waals surface area contributed by atoms with Crippen molar-refractivity contribution in [2.75, 3.05) is 23.3 Å². The highest BCUT2D eigenvalue weighted by molar-refractivity contribution is 5.70. The van der Waals surface area contributed by atoms with E-state index in [1.165, 1.54) is 12.1 Å². The van der Waals surface area contributed by atoms with Crippen molar-refractivity contribution in [3.05, 3.63) is 59.7 Å². The number of nitrogens with zero attached hydrogens (tertiary/aromatic N) is 1. The van der Waals surface area contributed by atoms with Crippen molar-refractivity contribution < 1.29 is 8.78 Å². The van der Waals surface area contributed by atoms with E-state index in [-0.39, 0.29) is 0 Å². The van der Waals surface area contributed by atoms with E-state index in [4.69, 9.17) is 0 Å². The van der Waals surface area contributed by atoms with Crippen molar-refractivity contribution in [3.63, 3.8) is 0 Å². The van der Waals surface area contributed by atoms with Crippen molar-refractivity contribution in [2.24, 2.45) is 0 Å². The van der Waals surface area contributed by atoms with Crippen LogP contribution in [0.3, 0.4) is 0 Å². The Hall–Kier alpha value is -2.10. The first-order valence-corrected chi connectivity index (χ1v) is 6.75. The van der Waals surface area contributed by atoms with E-state index in [9.17, 15) is 8.78 Å². The summed E-state index contributed by atoms with van der Waals surface area (Å²) in [5.41, 5.74) is 2.80. The molecule has 0 aromatic heterocycles. The van der Waals surface area contributed by atoms with Gasteiger partial charge in [0.15, 0.2) is 0 Å². The van der Waals surface area contributed by atoms with Gasteiger partial charge in [-0.25, -0.2) is 8.78 Å². The summed E-state index contributed by atoms with van der Waals surface area (Å²) in [6, 6.07) is 11.7. The molecule has 0 radical (unpaired) electrons. The van der Waals surface area contributed by atoms with Crippen LogP contribution >= 0.6 is 0 Å². The molecule has 1 N–H and O–H groups in total. The highest BCUT2D eigenvalue weighted by Crippen LogP contribution is 2.29. The smallest absolute Gasteiger partial charge is 0.126 e. The maximum atomic E-state index is 13.3. The minimum Gasteiger partial charge on any atom is -0.383 e. The van der Waals surface area contributed by atoms with Crippen LogP contribution in [-0.4, -0.2) is 13.1 Å².